The molecule has 3 rings (SSSR count). The first-order chi connectivity index (χ1) is 12.5. The number of carbonyl (C=O) groups excluding carboxylic acids is 1. The molecular formula is C19H24N2O3S2. The summed E-state index contributed by atoms with van der Waals surface area (Å²) in [7, 11) is -3.42. The predicted molar refractivity (Wildman–Crippen MR) is 104 cm³/mol. The van der Waals surface area contributed by atoms with Crippen LogP contribution < -0.4 is 5.32 Å². The maximum absolute atomic E-state index is 12.6. The number of hydrogen-bond donors (Lipinski definition) is 1. The number of piperidine rings is 1. The molecule has 1 fully saturated rings. The van der Waals surface area contributed by atoms with Crippen molar-refractivity contribution in [2.75, 3.05) is 19.6 Å². The molecule has 2 aromatic rings. The Morgan fingerprint density at radius 2 is 1.85 bits per heavy atom. The molecule has 1 saturated heterocycles. The molecule has 0 atom stereocenters. The summed E-state index contributed by atoms with van der Waals surface area (Å²) >= 11 is 1.30. The van der Waals surface area contributed by atoms with Crippen LogP contribution in [0.25, 0.3) is 0 Å². The Morgan fingerprint density at radius 3 is 2.46 bits per heavy atom. The van der Waals surface area contributed by atoms with Crippen molar-refractivity contribution in [3.8, 4) is 0 Å². The molecule has 1 aliphatic heterocycles. The van der Waals surface area contributed by atoms with Crippen molar-refractivity contribution in [1.29, 1.82) is 0 Å². The van der Waals surface area contributed by atoms with Crippen molar-refractivity contribution in [3.05, 3.63) is 52.9 Å². The second kappa shape index (κ2) is 8.33. The third-order valence-corrected chi connectivity index (χ3v) is 8.06. The van der Waals surface area contributed by atoms with E-state index in [1.165, 1.54) is 21.2 Å². The molecule has 0 unspecified atom stereocenters. The van der Waals surface area contributed by atoms with Gasteiger partial charge in [0.2, 0.25) is 5.91 Å². The van der Waals surface area contributed by atoms with Crippen LogP contribution in [0.1, 0.15) is 23.3 Å². The van der Waals surface area contributed by atoms with Gasteiger partial charge in [-0.15, -0.1) is 11.3 Å². The number of thiophene rings is 1. The summed E-state index contributed by atoms with van der Waals surface area (Å²) < 4.78 is 27.2. The number of nitrogens with one attached hydrogen (secondary N) is 1. The highest BCUT2D eigenvalue weighted by atomic mass is 32.2. The summed E-state index contributed by atoms with van der Waals surface area (Å²) in [6, 6.07) is 13.5. The molecule has 0 saturated carbocycles. The number of amides is 1. The Hall–Kier alpha value is -1.70. The standard InChI is InChI=1S/C19H24N2O3S2/c1-15-7-8-18(25-15)26(23,24)21-13-10-17(11-14-21)19(22)20-12-9-16-5-3-2-4-6-16/h2-8,17H,9-14H2,1H3,(H,20,22). The monoisotopic (exact) mass is 392 g/mol. The van der Waals surface area contributed by atoms with E-state index >= 15 is 0 Å². The molecule has 1 aromatic carbocycles. The smallest absolute Gasteiger partial charge is 0.252 e. The van der Waals surface area contributed by atoms with Crippen molar-refractivity contribution in [2.45, 2.75) is 30.4 Å². The number of carbonyl (C=O) groups is 1. The minimum atomic E-state index is -3.42. The predicted octanol–water partition coefficient (Wildman–Crippen LogP) is 2.82. The highest BCUT2D eigenvalue weighted by Crippen LogP contribution is 2.28. The zero-order chi connectivity index (χ0) is 18.6. The fourth-order valence-electron chi connectivity index (χ4n) is 3.16. The van der Waals surface area contributed by atoms with E-state index in [2.05, 4.69) is 5.32 Å². The molecule has 2 heterocycles. The van der Waals surface area contributed by atoms with Crippen molar-refractivity contribution >= 4 is 27.3 Å². The molecule has 0 aliphatic carbocycles. The second-order valence-corrected chi connectivity index (χ2v) is 10.0. The molecule has 1 amide bonds. The van der Waals surface area contributed by atoms with Gasteiger partial charge in [0.15, 0.2) is 0 Å². The van der Waals surface area contributed by atoms with Gasteiger partial charge in [-0.3, -0.25) is 4.79 Å². The molecule has 1 aliphatic rings. The minimum Gasteiger partial charge on any atom is -0.356 e. The van der Waals surface area contributed by atoms with Gasteiger partial charge >= 0.3 is 0 Å². The lowest BCUT2D eigenvalue weighted by Crippen LogP contribution is -2.43. The van der Waals surface area contributed by atoms with Gasteiger partial charge in [-0.25, -0.2) is 8.42 Å². The molecule has 0 radical (unpaired) electrons. The van der Waals surface area contributed by atoms with Gasteiger partial charge in [-0.1, -0.05) is 30.3 Å². The Balaban J connectivity index is 1.48. The molecule has 26 heavy (non-hydrogen) atoms. The van der Waals surface area contributed by atoms with Gasteiger partial charge < -0.3 is 5.32 Å². The highest BCUT2D eigenvalue weighted by molar-refractivity contribution is 7.91. The molecular weight excluding hydrogens is 368 g/mol. The fraction of sp³-hybridized carbons (Fsp3) is 0.421. The number of sulfonamides is 1. The van der Waals surface area contributed by atoms with Crippen molar-refractivity contribution < 1.29 is 13.2 Å². The molecule has 1 N–H and O–H groups in total. The summed E-state index contributed by atoms with van der Waals surface area (Å²) in [6.45, 7) is 3.30. The van der Waals surface area contributed by atoms with Gasteiger partial charge in [-0.2, -0.15) is 4.31 Å². The van der Waals surface area contributed by atoms with E-state index in [1.807, 2.05) is 43.3 Å². The van der Waals surface area contributed by atoms with E-state index in [0.717, 1.165) is 11.3 Å². The van der Waals surface area contributed by atoms with E-state index in [-0.39, 0.29) is 11.8 Å². The van der Waals surface area contributed by atoms with Crippen LogP contribution >= 0.6 is 11.3 Å². The van der Waals surface area contributed by atoms with Crippen LogP contribution in [0.3, 0.4) is 0 Å². The van der Waals surface area contributed by atoms with Gasteiger partial charge in [-0.05, 0) is 43.9 Å². The Kier molecular flexibility index (Phi) is 6.11. The number of hydrogen-bond acceptors (Lipinski definition) is 4. The van der Waals surface area contributed by atoms with Gasteiger partial charge in [0, 0.05) is 30.4 Å². The lowest BCUT2D eigenvalue weighted by atomic mass is 9.97. The van der Waals surface area contributed by atoms with Crippen molar-refractivity contribution in [2.24, 2.45) is 5.92 Å². The highest BCUT2D eigenvalue weighted by Gasteiger charge is 2.32. The first kappa shape index (κ1) is 19.1. The van der Waals surface area contributed by atoms with Crippen molar-refractivity contribution in [1.82, 2.24) is 9.62 Å². The van der Waals surface area contributed by atoms with E-state index in [9.17, 15) is 13.2 Å². The number of aryl methyl sites for hydroxylation is 1. The van der Waals surface area contributed by atoms with Crippen molar-refractivity contribution in [3.63, 3.8) is 0 Å². The quantitative estimate of drug-likeness (QED) is 0.822. The van der Waals surface area contributed by atoms with Crippen LogP contribution in [0.15, 0.2) is 46.7 Å². The van der Waals surface area contributed by atoms with Crippen LogP contribution in [-0.4, -0.2) is 38.3 Å². The summed E-state index contributed by atoms with van der Waals surface area (Å²) in [4.78, 5) is 13.3. The first-order valence-electron chi connectivity index (χ1n) is 8.85. The zero-order valence-electron chi connectivity index (χ0n) is 14.8. The van der Waals surface area contributed by atoms with E-state index < -0.39 is 10.0 Å². The van der Waals surface area contributed by atoms with E-state index in [0.29, 0.717) is 36.7 Å². The molecule has 5 nitrogen and oxygen atoms in total. The topological polar surface area (TPSA) is 66.5 Å². The summed E-state index contributed by atoms with van der Waals surface area (Å²) in [5, 5.41) is 2.98. The molecule has 1 aromatic heterocycles. The lowest BCUT2D eigenvalue weighted by molar-refractivity contribution is -0.126. The second-order valence-electron chi connectivity index (χ2n) is 6.57. The van der Waals surface area contributed by atoms with E-state index in [1.54, 1.807) is 6.07 Å². The molecule has 7 heteroatoms. The van der Waals surface area contributed by atoms with Gasteiger partial charge in [0.05, 0.1) is 0 Å². The SMILES string of the molecule is Cc1ccc(S(=O)(=O)N2CCC(C(=O)NCCc3ccccc3)CC2)s1. The molecule has 0 spiro atoms. The molecule has 140 valence electrons. The van der Waals surface area contributed by atoms with Crippen LogP contribution in [-0.2, 0) is 21.2 Å². The summed E-state index contributed by atoms with van der Waals surface area (Å²) in [5.41, 5.74) is 1.19. The number of rotatable bonds is 6. The maximum atomic E-state index is 12.6. The number of nitrogens with zero attached hydrogens (tertiary/aromatic N) is 1. The normalized spacial score (nSPS) is 16.5. The largest absolute Gasteiger partial charge is 0.356 e. The minimum absolute atomic E-state index is 0.0324. The average Bonchev–Trinajstić information content (AvgIpc) is 3.10. The Labute approximate surface area is 159 Å². The number of benzene rings is 1. The van der Waals surface area contributed by atoms with Crippen LogP contribution in [0.4, 0.5) is 0 Å². The third-order valence-electron chi connectivity index (χ3n) is 4.69. The van der Waals surface area contributed by atoms with Crippen LogP contribution in [0, 0.1) is 12.8 Å². The van der Waals surface area contributed by atoms with Crippen LogP contribution in [0.2, 0.25) is 0 Å². The summed E-state index contributed by atoms with van der Waals surface area (Å²) in [5.74, 6) is -0.0766. The average molecular weight is 393 g/mol. The third kappa shape index (κ3) is 4.52. The maximum Gasteiger partial charge on any atom is 0.252 e. The Morgan fingerprint density at radius 1 is 1.15 bits per heavy atom. The Bertz CT molecular complexity index is 839. The van der Waals surface area contributed by atoms with Crippen LogP contribution in [0.5, 0.6) is 0 Å². The fourth-order valence-corrected chi connectivity index (χ4v) is 6.06. The lowest BCUT2D eigenvalue weighted by Gasteiger charge is -2.30. The zero-order valence-corrected chi connectivity index (χ0v) is 16.5. The van der Waals surface area contributed by atoms with Gasteiger partial charge in [0.1, 0.15) is 4.21 Å². The molecule has 0 bridgehead atoms. The first-order valence-corrected chi connectivity index (χ1v) is 11.1. The van der Waals surface area contributed by atoms with Gasteiger partial charge in [0.25, 0.3) is 10.0 Å². The van der Waals surface area contributed by atoms with E-state index in [4.69, 9.17) is 0 Å². The summed E-state index contributed by atoms with van der Waals surface area (Å²) in [6.07, 6.45) is 1.94.